The number of rotatable bonds is 9. The molecular weight excluding hydrogens is 406 g/mol. The van der Waals surface area contributed by atoms with Gasteiger partial charge in [-0.1, -0.05) is 44.2 Å². The van der Waals surface area contributed by atoms with Gasteiger partial charge in [0.25, 0.3) is 0 Å². The Hall–Kier alpha value is -2.61. The minimum absolute atomic E-state index is 0.00463. The number of likely N-dealkylation sites (tertiary alicyclic amines) is 1. The molecule has 2 saturated heterocycles. The summed E-state index contributed by atoms with van der Waals surface area (Å²) in [6.45, 7) is 5.48. The molecule has 4 rings (SSSR count). The van der Waals surface area contributed by atoms with E-state index in [1.807, 2.05) is 41.3 Å². The first kappa shape index (κ1) is 22.6. The van der Waals surface area contributed by atoms with Crippen LogP contribution in [0.5, 0.6) is 11.5 Å². The van der Waals surface area contributed by atoms with Crippen LogP contribution in [-0.4, -0.2) is 46.8 Å². The predicted octanol–water partition coefficient (Wildman–Crippen LogP) is 2.92. The second-order valence-electron chi connectivity index (χ2n) is 9.04. The van der Waals surface area contributed by atoms with Crippen LogP contribution in [0.1, 0.15) is 49.9 Å². The number of nitrogens with zero attached hydrogens (tertiary/aromatic N) is 1. The summed E-state index contributed by atoms with van der Waals surface area (Å²) in [4.78, 5) is 15.2. The second-order valence-corrected chi connectivity index (χ2v) is 9.04. The Morgan fingerprint density at radius 1 is 1.09 bits per heavy atom. The Bertz CT molecular complexity index is 935. The molecule has 4 N–H and O–H groups in total. The predicted molar refractivity (Wildman–Crippen MR) is 122 cm³/mol. The zero-order chi connectivity index (χ0) is 22.7. The number of ether oxygens (including phenoxy) is 1. The molecule has 4 unspecified atom stereocenters. The summed E-state index contributed by atoms with van der Waals surface area (Å²) in [6.07, 6.45) is 1.49. The van der Waals surface area contributed by atoms with E-state index in [2.05, 4.69) is 24.7 Å². The summed E-state index contributed by atoms with van der Waals surface area (Å²) >= 11 is 0. The van der Waals surface area contributed by atoms with Crippen molar-refractivity contribution in [2.75, 3.05) is 19.8 Å². The highest BCUT2D eigenvalue weighted by Crippen LogP contribution is 2.48. The van der Waals surface area contributed by atoms with Gasteiger partial charge >= 0.3 is 0 Å². The van der Waals surface area contributed by atoms with Crippen LogP contribution >= 0.6 is 0 Å². The van der Waals surface area contributed by atoms with Gasteiger partial charge < -0.3 is 19.8 Å². The van der Waals surface area contributed by atoms with Crippen molar-refractivity contribution < 1.29 is 19.7 Å². The van der Waals surface area contributed by atoms with E-state index in [1.54, 1.807) is 12.1 Å². The lowest BCUT2D eigenvalue weighted by atomic mass is 9.83. The quantitative estimate of drug-likeness (QED) is 0.480. The number of fused-ring (bicyclic) bond motifs is 1. The van der Waals surface area contributed by atoms with Crippen molar-refractivity contribution in [3.63, 3.8) is 0 Å². The topological polar surface area (TPSA) is 94.1 Å². The molecule has 0 radical (unpaired) electrons. The maximum Gasteiger partial charge on any atom is 0.242 e. The van der Waals surface area contributed by atoms with E-state index in [0.29, 0.717) is 25.5 Å². The molecule has 2 fully saturated rings. The number of para-hydroxylation sites is 1. The zero-order valence-electron chi connectivity index (χ0n) is 18.7. The van der Waals surface area contributed by atoms with Gasteiger partial charge in [0.2, 0.25) is 5.91 Å². The average Bonchev–Trinajstić information content (AvgIpc) is 3.31. The monoisotopic (exact) mass is 439 g/mol. The molecule has 2 aromatic carbocycles. The number of carbonyl (C=O) groups excluding carboxylic acids is 1. The van der Waals surface area contributed by atoms with E-state index in [0.717, 1.165) is 23.3 Å². The summed E-state index contributed by atoms with van der Waals surface area (Å²) in [5, 5.41) is 19.9. The van der Waals surface area contributed by atoms with Crippen molar-refractivity contribution in [3.8, 4) is 11.5 Å². The zero-order valence-corrected chi connectivity index (χ0v) is 18.7. The first-order chi connectivity index (χ1) is 15.5. The largest absolute Gasteiger partial charge is 0.508 e. The summed E-state index contributed by atoms with van der Waals surface area (Å²) in [5.41, 5.74) is 8.17. The van der Waals surface area contributed by atoms with Gasteiger partial charge in [-0.25, -0.2) is 10.9 Å². The number of hydrogen-bond acceptors (Lipinski definition) is 6. The maximum absolute atomic E-state index is 13.3. The van der Waals surface area contributed by atoms with Crippen LogP contribution in [-0.2, 0) is 4.79 Å². The van der Waals surface area contributed by atoms with Crippen molar-refractivity contribution >= 4 is 5.91 Å². The number of hydrogen-bond donors (Lipinski definition) is 4. The molecule has 4 atom stereocenters. The number of aliphatic hydroxyl groups excluding tert-OH is 1. The van der Waals surface area contributed by atoms with Crippen molar-refractivity contribution in [1.29, 1.82) is 0 Å². The second kappa shape index (κ2) is 9.90. The van der Waals surface area contributed by atoms with E-state index in [4.69, 9.17) is 4.74 Å². The van der Waals surface area contributed by atoms with Gasteiger partial charge in [0.05, 0.1) is 18.7 Å². The minimum Gasteiger partial charge on any atom is -0.508 e. The van der Waals surface area contributed by atoms with Crippen molar-refractivity contribution in [2.45, 2.75) is 44.8 Å². The Labute approximate surface area is 189 Å². The van der Waals surface area contributed by atoms with Gasteiger partial charge in [0.15, 0.2) is 0 Å². The van der Waals surface area contributed by atoms with Crippen LogP contribution in [0, 0.1) is 11.8 Å². The highest BCUT2D eigenvalue weighted by Gasteiger charge is 2.55. The standard InChI is InChI=1S/C25H33N3O4/c1-16(2)11-14-32-18-8-5-7-17(15-18)24-21-22(19-9-3-4-10-20(19)30)26-27-23(21)25(31)28(24)12-6-13-29/h3-5,7-10,15-16,21-24,26-27,29-30H,6,11-14H2,1-2H3. The number of carbonyl (C=O) groups is 1. The fraction of sp³-hybridized carbons (Fsp3) is 0.480. The highest BCUT2D eigenvalue weighted by molar-refractivity contribution is 5.86. The molecule has 32 heavy (non-hydrogen) atoms. The maximum atomic E-state index is 13.3. The summed E-state index contributed by atoms with van der Waals surface area (Å²) < 4.78 is 5.99. The summed E-state index contributed by atoms with van der Waals surface area (Å²) in [5.74, 6) is 1.44. The van der Waals surface area contributed by atoms with Gasteiger partial charge in [0.1, 0.15) is 17.5 Å². The van der Waals surface area contributed by atoms with E-state index < -0.39 is 6.04 Å². The number of amides is 1. The number of phenols is 1. The van der Waals surface area contributed by atoms with Crippen LogP contribution < -0.4 is 15.6 Å². The third kappa shape index (κ3) is 4.46. The molecule has 0 bridgehead atoms. The molecule has 1 amide bonds. The fourth-order valence-electron chi connectivity index (χ4n) is 4.81. The number of aromatic hydroxyl groups is 1. The lowest BCUT2D eigenvalue weighted by Gasteiger charge is -2.31. The number of aliphatic hydroxyl groups is 1. The third-order valence-electron chi connectivity index (χ3n) is 6.41. The van der Waals surface area contributed by atoms with Crippen molar-refractivity contribution in [3.05, 3.63) is 59.7 Å². The van der Waals surface area contributed by atoms with Crippen molar-refractivity contribution in [1.82, 2.24) is 15.8 Å². The summed E-state index contributed by atoms with van der Waals surface area (Å²) in [7, 11) is 0. The molecule has 0 saturated carbocycles. The number of nitrogens with one attached hydrogen (secondary N) is 2. The number of hydrazine groups is 1. The molecule has 0 aromatic heterocycles. The van der Waals surface area contributed by atoms with Gasteiger partial charge in [-0.05, 0) is 42.5 Å². The Kier molecular flexibility index (Phi) is 6.98. The van der Waals surface area contributed by atoms with Gasteiger partial charge in [-0.15, -0.1) is 0 Å². The Morgan fingerprint density at radius 2 is 1.88 bits per heavy atom. The van der Waals surface area contributed by atoms with E-state index in [1.165, 1.54) is 0 Å². The number of phenolic OH excluding ortho intramolecular Hbond substituents is 1. The van der Waals surface area contributed by atoms with Crippen molar-refractivity contribution in [2.24, 2.45) is 11.8 Å². The van der Waals surface area contributed by atoms with Gasteiger partial charge in [-0.3, -0.25) is 4.79 Å². The number of benzene rings is 2. The molecule has 7 heteroatoms. The molecule has 2 aliphatic rings. The van der Waals surface area contributed by atoms with E-state index in [-0.39, 0.29) is 36.3 Å². The Morgan fingerprint density at radius 3 is 2.62 bits per heavy atom. The van der Waals surface area contributed by atoms with E-state index in [9.17, 15) is 15.0 Å². The molecule has 172 valence electrons. The molecule has 2 heterocycles. The fourth-order valence-corrected chi connectivity index (χ4v) is 4.81. The molecule has 0 aliphatic carbocycles. The van der Waals surface area contributed by atoms with Gasteiger partial charge in [0, 0.05) is 24.6 Å². The average molecular weight is 440 g/mol. The summed E-state index contributed by atoms with van der Waals surface area (Å²) in [6, 6.07) is 14.4. The van der Waals surface area contributed by atoms with Crippen LogP contribution in [0.15, 0.2) is 48.5 Å². The lowest BCUT2D eigenvalue weighted by molar-refractivity contribution is -0.130. The van der Waals surface area contributed by atoms with Gasteiger partial charge in [-0.2, -0.15) is 0 Å². The third-order valence-corrected chi connectivity index (χ3v) is 6.41. The van der Waals surface area contributed by atoms with Crippen LogP contribution in [0.3, 0.4) is 0 Å². The first-order valence-electron chi connectivity index (χ1n) is 11.4. The van der Waals surface area contributed by atoms with Crippen LogP contribution in [0.25, 0.3) is 0 Å². The molecule has 0 spiro atoms. The van der Waals surface area contributed by atoms with E-state index >= 15 is 0 Å². The van der Waals surface area contributed by atoms with Crippen LogP contribution in [0.2, 0.25) is 0 Å². The molecular formula is C25H33N3O4. The lowest BCUT2D eigenvalue weighted by Crippen LogP contribution is -2.41. The smallest absolute Gasteiger partial charge is 0.242 e. The normalized spacial score (nSPS) is 24.9. The Balaban J connectivity index is 1.67. The molecule has 7 nitrogen and oxygen atoms in total. The molecule has 2 aliphatic heterocycles. The highest BCUT2D eigenvalue weighted by atomic mass is 16.5. The SMILES string of the molecule is CC(C)CCOc1cccc(C2C3C(NNC3c3ccccc3O)C(=O)N2CCCO)c1. The molecule has 2 aromatic rings. The minimum atomic E-state index is -0.409. The van der Waals surface area contributed by atoms with Crippen LogP contribution in [0.4, 0.5) is 0 Å². The first-order valence-corrected chi connectivity index (χ1v) is 11.4.